The fourth-order valence-corrected chi connectivity index (χ4v) is 2.99. The molecular formula is C13H23N3O3. The third kappa shape index (κ3) is 3.00. The molecule has 2 aliphatic heterocycles. The van der Waals surface area contributed by atoms with E-state index in [4.69, 9.17) is 5.11 Å². The van der Waals surface area contributed by atoms with Gasteiger partial charge in [-0.25, -0.2) is 9.59 Å². The zero-order chi connectivity index (χ0) is 14.0. The maximum Gasteiger partial charge on any atom is 0.326 e. The van der Waals surface area contributed by atoms with E-state index in [-0.39, 0.29) is 12.1 Å². The first-order valence-electron chi connectivity index (χ1n) is 6.95. The van der Waals surface area contributed by atoms with Crippen LogP contribution >= 0.6 is 0 Å². The first-order valence-corrected chi connectivity index (χ1v) is 6.95. The second kappa shape index (κ2) is 5.77. The minimum Gasteiger partial charge on any atom is -0.480 e. The lowest BCUT2D eigenvalue weighted by Crippen LogP contribution is -2.52. The maximum absolute atomic E-state index is 12.4. The zero-order valence-electron chi connectivity index (χ0n) is 11.7. The molecule has 0 bridgehead atoms. The molecule has 0 aromatic carbocycles. The number of hydrogen-bond acceptors (Lipinski definition) is 3. The van der Waals surface area contributed by atoms with Crippen LogP contribution in [-0.2, 0) is 4.79 Å². The molecule has 108 valence electrons. The standard InChI is InChI=1S/C13H23N3O3/c1-14-8-5-10(6-9-14)15(2)13(19)16-7-3-4-11(16)12(17)18/h10-11H,3-9H2,1-2H3,(H,17,18)/t11-/m0/s1. The summed E-state index contributed by atoms with van der Waals surface area (Å²) in [5.74, 6) is -0.886. The Balaban J connectivity index is 1.96. The van der Waals surface area contributed by atoms with Crippen molar-refractivity contribution in [3.05, 3.63) is 0 Å². The number of urea groups is 1. The number of hydrogen-bond donors (Lipinski definition) is 1. The average molecular weight is 269 g/mol. The minimum absolute atomic E-state index is 0.126. The summed E-state index contributed by atoms with van der Waals surface area (Å²) in [7, 11) is 3.88. The van der Waals surface area contributed by atoms with Crippen molar-refractivity contribution in [2.24, 2.45) is 0 Å². The summed E-state index contributed by atoms with van der Waals surface area (Å²) in [5.41, 5.74) is 0. The summed E-state index contributed by atoms with van der Waals surface area (Å²) >= 11 is 0. The van der Waals surface area contributed by atoms with Crippen LogP contribution < -0.4 is 0 Å². The number of aliphatic carboxylic acids is 1. The van der Waals surface area contributed by atoms with Crippen LogP contribution in [0, 0.1) is 0 Å². The minimum atomic E-state index is -0.886. The predicted molar refractivity (Wildman–Crippen MR) is 71.0 cm³/mol. The number of likely N-dealkylation sites (tertiary alicyclic amines) is 2. The van der Waals surface area contributed by atoms with Crippen LogP contribution in [0.5, 0.6) is 0 Å². The van der Waals surface area contributed by atoms with E-state index in [1.54, 1.807) is 11.9 Å². The lowest BCUT2D eigenvalue weighted by Gasteiger charge is -2.37. The summed E-state index contributed by atoms with van der Waals surface area (Å²) in [6.45, 7) is 2.54. The molecule has 0 aliphatic carbocycles. The molecule has 2 heterocycles. The van der Waals surface area contributed by atoms with Gasteiger partial charge < -0.3 is 19.8 Å². The van der Waals surface area contributed by atoms with Crippen LogP contribution in [-0.4, -0.2) is 77.6 Å². The van der Waals surface area contributed by atoms with Crippen molar-refractivity contribution in [2.45, 2.75) is 37.8 Å². The van der Waals surface area contributed by atoms with Gasteiger partial charge in [0, 0.05) is 19.6 Å². The van der Waals surface area contributed by atoms with Crippen molar-refractivity contribution in [1.29, 1.82) is 0 Å². The molecule has 2 rings (SSSR count). The van der Waals surface area contributed by atoms with Crippen molar-refractivity contribution in [3.8, 4) is 0 Å². The van der Waals surface area contributed by atoms with Gasteiger partial charge in [-0.1, -0.05) is 0 Å². The van der Waals surface area contributed by atoms with Crippen LogP contribution in [0.25, 0.3) is 0 Å². The van der Waals surface area contributed by atoms with Crippen molar-refractivity contribution >= 4 is 12.0 Å². The van der Waals surface area contributed by atoms with Crippen LogP contribution in [0.2, 0.25) is 0 Å². The average Bonchev–Trinajstić information content (AvgIpc) is 2.87. The topological polar surface area (TPSA) is 64.1 Å². The highest BCUT2D eigenvalue weighted by Crippen LogP contribution is 2.22. The van der Waals surface area contributed by atoms with Crippen molar-refractivity contribution in [3.63, 3.8) is 0 Å². The number of carbonyl (C=O) groups excluding carboxylic acids is 1. The molecule has 6 nitrogen and oxygen atoms in total. The normalized spacial score (nSPS) is 25.6. The second-order valence-corrected chi connectivity index (χ2v) is 5.62. The molecule has 0 aromatic rings. The van der Waals surface area contributed by atoms with Gasteiger partial charge >= 0.3 is 12.0 Å². The third-order valence-electron chi connectivity index (χ3n) is 4.32. The summed E-state index contributed by atoms with van der Waals surface area (Å²) in [4.78, 5) is 29.1. The number of carbonyl (C=O) groups is 2. The number of piperidine rings is 1. The van der Waals surface area contributed by atoms with E-state index >= 15 is 0 Å². The van der Waals surface area contributed by atoms with E-state index in [0.717, 1.165) is 32.4 Å². The van der Waals surface area contributed by atoms with Gasteiger partial charge in [0.25, 0.3) is 0 Å². The van der Waals surface area contributed by atoms with Crippen LogP contribution in [0.1, 0.15) is 25.7 Å². The van der Waals surface area contributed by atoms with Crippen molar-refractivity contribution in [2.75, 3.05) is 33.7 Å². The largest absolute Gasteiger partial charge is 0.480 e. The molecule has 2 saturated heterocycles. The Bertz CT molecular complexity index is 353. The highest BCUT2D eigenvalue weighted by molar-refractivity contribution is 5.83. The fourth-order valence-electron chi connectivity index (χ4n) is 2.99. The molecule has 6 heteroatoms. The lowest BCUT2D eigenvalue weighted by atomic mass is 10.0. The van der Waals surface area contributed by atoms with Gasteiger partial charge in [0.2, 0.25) is 0 Å². The molecule has 0 radical (unpaired) electrons. The SMILES string of the molecule is CN1CCC(N(C)C(=O)N2CCC[C@H]2C(=O)O)CC1. The molecule has 2 amide bonds. The van der Waals surface area contributed by atoms with E-state index in [1.165, 1.54) is 4.90 Å². The molecule has 1 atom stereocenters. The quantitative estimate of drug-likeness (QED) is 0.801. The molecular weight excluding hydrogens is 246 g/mol. The molecule has 0 unspecified atom stereocenters. The predicted octanol–water partition coefficient (Wildman–Crippen LogP) is 0.681. The van der Waals surface area contributed by atoms with Gasteiger partial charge in [0.15, 0.2) is 0 Å². The number of carboxylic acids is 1. The molecule has 2 aliphatic rings. The molecule has 2 fully saturated rings. The number of amides is 2. The Hall–Kier alpha value is -1.30. The zero-order valence-corrected chi connectivity index (χ0v) is 11.7. The summed E-state index contributed by atoms with van der Waals surface area (Å²) in [6, 6.07) is -0.528. The Kier molecular flexibility index (Phi) is 4.29. The Morgan fingerprint density at radius 1 is 1.16 bits per heavy atom. The van der Waals surface area contributed by atoms with E-state index in [2.05, 4.69) is 11.9 Å². The van der Waals surface area contributed by atoms with Gasteiger partial charge in [0.05, 0.1) is 0 Å². The molecule has 0 aromatic heterocycles. The number of rotatable bonds is 2. The van der Waals surface area contributed by atoms with E-state index in [1.807, 2.05) is 0 Å². The Morgan fingerprint density at radius 3 is 2.37 bits per heavy atom. The van der Waals surface area contributed by atoms with E-state index in [9.17, 15) is 9.59 Å². The van der Waals surface area contributed by atoms with Gasteiger partial charge in [-0.2, -0.15) is 0 Å². The van der Waals surface area contributed by atoms with Gasteiger partial charge in [0.1, 0.15) is 6.04 Å². The highest BCUT2D eigenvalue weighted by Gasteiger charge is 2.37. The molecule has 0 saturated carbocycles. The molecule has 0 spiro atoms. The first kappa shape index (κ1) is 14.1. The monoisotopic (exact) mass is 269 g/mol. The van der Waals surface area contributed by atoms with Crippen LogP contribution in [0.3, 0.4) is 0 Å². The third-order valence-corrected chi connectivity index (χ3v) is 4.32. The smallest absolute Gasteiger partial charge is 0.326 e. The highest BCUT2D eigenvalue weighted by atomic mass is 16.4. The summed E-state index contributed by atoms with van der Waals surface area (Å²) in [6.07, 6.45) is 3.28. The number of nitrogens with zero attached hydrogens (tertiary/aromatic N) is 3. The van der Waals surface area contributed by atoms with E-state index < -0.39 is 12.0 Å². The van der Waals surface area contributed by atoms with Crippen molar-refractivity contribution < 1.29 is 14.7 Å². The second-order valence-electron chi connectivity index (χ2n) is 5.62. The lowest BCUT2D eigenvalue weighted by molar-refractivity contribution is -0.141. The molecule has 19 heavy (non-hydrogen) atoms. The van der Waals surface area contributed by atoms with Crippen LogP contribution in [0.4, 0.5) is 4.79 Å². The maximum atomic E-state index is 12.4. The Labute approximate surface area is 114 Å². The fraction of sp³-hybridized carbons (Fsp3) is 0.846. The van der Waals surface area contributed by atoms with Crippen molar-refractivity contribution in [1.82, 2.24) is 14.7 Å². The summed E-state index contributed by atoms with van der Waals surface area (Å²) < 4.78 is 0. The van der Waals surface area contributed by atoms with Gasteiger partial charge in [-0.05, 0) is 45.8 Å². The Morgan fingerprint density at radius 2 is 1.79 bits per heavy atom. The first-order chi connectivity index (χ1) is 9.00. The van der Waals surface area contributed by atoms with Gasteiger partial charge in [-0.3, -0.25) is 0 Å². The number of carboxylic acid groups (broad SMARTS) is 1. The van der Waals surface area contributed by atoms with Crippen LogP contribution in [0.15, 0.2) is 0 Å². The van der Waals surface area contributed by atoms with Gasteiger partial charge in [-0.15, -0.1) is 0 Å². The summed E-state index contributed by atoms with van der Waals surface area (Å²) in [5, 5.41) is 9.14. The van der Waals surface area contributed by atoms with E-state index in [0.29, 0.717) is 13.0 Å². The molecule has 1 N–H and O–H groups in total.